The number of carbonyl (C=O) groups excluding carboxylic acids is 1. The Bertz CT molecular complexity index is 425. The van der Waals surface area contributed by atoms with Crippen LogP contribution < -0.4 is 4.74 Å². The number of aliphatic carboxylic acids is 1. The molecule has 5 nitrogen and oxygen atoms in total. The summed E-state index contributed by atoms with van der Waals surface area (Å²) in [5.74, 6) is -0.992. The number of aliphatic hydroxyl groups excluding tert-OH is 1. The van der Waals surface area contributed by atoms with Crippen molar-refractivity contribution in [3.8, 4) is 5.75 Å². The van der Waals surface area contributed by atoms with Gasteiger partial charge in [0, 0.05) is 5.56 Å². The van der Waals surface area contributed by atoms with E-state index in [2.05, 4.69) is 0 Å². The van der Waals surface area contributed by atoms with E-state index in [1.807, 2.05) is 0 Å². The standard InChI is InChI=1S/C11H12O5/c1-6-8(10(13)11(14)15)3-7(5-12)4-9(6)16-2/h3-5,10,13H,1-2H3,(H,14,15). The van der Waals surface area contributed by atoms with Crippen molar-refractivity contribution in [2.24, 2.45) is 0 Å². The highest BCUT2D eigenvalue weighted by atomic mass is 16.5. The van der Waals surface area contributed by atoms with E-state index in [-0.39, 0.29) is 11.1 Å². The molecule has 1 atom stereocenters. The number of benzene rings is 1. The molecular weight excluding hydrogens is 212 g/mol. The van der Waals surface area contributed by atoms with Gasteiger partial charge in [-0.05, 0) is 30.2 Å². The van der Waals surface area contributed by atoms with Crippen molar-refractivity contribution in [1.29, 1.82) is 0 Å². The lowest BCUT2D eigenvalue weighted by atomic mass is 9.99. The van der Waals surface area contributed by atoms with Crippen molar-refractivity contribution in [2.45, 2.75) is 13.0 Å². The molecule has 0 bridgehead atoms. The molecule has 0 saturated heterocycles. The number of aldehydes is 1. The molecule has 0 aliphatic rings. The minimum atomic E-state index is -1.66. The van der Waals surface area contributed by atoms with Crippen LogP contribution >= 0.6 is 0 Å². The van der Waals surface area contributed by atoms with E-state index in [1.165, 1.54) is 19.2 Å². The average Bonchev–Trinajstić information content (AvgIpc) is 2.28. The van der Waals surface area contributed by atoms with Crippen LogP contribution in [0.5, 0.6) is 5.75 Å². The van der Waals surface area contributed by atoms with Crippen LogP contribution in [0, 0.1) is 6.92 Å². The first kappa shape index (κ1) is 12.2. The number of aliphatic hydroxyl groups is 1. The molecule has 2 N–H and O–H groups in total. The van der Waals surface area contributed by atoms with Gasteiger partial charge in [-0.3, -0.25) is 4.79 Å². The third kappa shape index (κ3) is 2.20. The van der Waals surface area contributed by atoms with Crippen LogP contribution in [-0.2, 0) is 4.79 Å². The summed E-state index contributed by atoms with van der Waals surface area (Å²) in [4.78, 5) is 21.3. The molecule has 0 fully saturated rings. The van der Waals surface area contributed by atoms with E-state index >= 15 is 0 Å². The van der Waals surface area contributed by atoms with Gasteiger partial charge in [0.15, 0.2) is 6.10 Å². The molecule has 0 heterocycles. The number of ether oxygens (including phenoxy) is 1. The van der Waals surface area contributed by atoms with Crippen LogP contribution in [0.1, 0.15) is 27.6 Å². The molecule has 0 aliphatic heterocycles. The SMILES string of the molecule is COc1cc(C=O)cc(C(O)C(=O)O)c1C. The summed E-state index contributed by atoms with van der Waals surface area (Å²) in [6, 6.07) is 2.82. The first-order valence-electron chi connectivity index (χ1n) is 4.55. The smallest absolute Gasteiger partial charge is 0.337 e. The van der Waals surface area contributed by atoms with Crippen molar-refractivity contribution in [1.82, 2.24) is 0 Å². The molecule has 0 radical (unpaired) electrons. The fourth-order valence-corrected chi connectivity index (χ4v) is 1.43. The van der Waals surface area contributed by atoms with Crippen LogP contribution in [-0.4, -0.2) is 29.6 Å². The van der Waals surface area contributed by atoms with Crippen molar-refractivity contribution < 1.29 is 24.5 Å². The molecular formula is C11H12O5. The Morgan fingerprint density at radius 2 is 2.12 bits per heavy atom. The Kier molecular flexibility index (Phi) is 3.63. The fraction of sp³-hybridized carbons (Fsp3) is 0.273. The molecule has 0 aromatic heterocycles. The number of methoxy groups -OCH3 is 1. The minimum Gasteiger partial charge on any atom is -0.496 e. The zero-order valence-corrected chi connectivity index (χ0v) is 8.93. The molecule has 1 aromatic rings. The van der Waals surface area contributed by atoms with Crippen molar-refractivity contribution in [3.63, 3.8) is 0 Å². The number of carboxylic acids is 1. The lowest BCUT2D eigenvalue weighted by Gasteiger charge is -2.13. The first-order chi connectivity index (χ1) is 7.51. The Morgan fingerprint density at radius 1 is 1.50 bits per heavy atom. The summed E-state index contributed by atoms with van der Waals surface area (Å²) in [7, 11) is 1.41. The molecule has 0 amide bonds. The summed E-state index contributed by atoms with van der Waals surface area (Å²) in [6.45, 7) is 1.62. The summed E-state index contributed by atoms with van der Waals surface area (Å²) in [6.07, 6.45) is -1.09. The summed E-state index contributed by atoms with van der Waals surface area (Å²) in [5.41, 5.74) is 0.926. The van der Waals surface area contributed by atoms with Crippen molar-refractivity contribution in [3.05, 3.63) is 28.8 Å². The molecule has 1 rings (SSSR count). The van der Waals surface area contributed by atoms with E-state index in [0.717, 1.165) is 0 Å². The van der Waals surface area contributed by atoms with Gasteiger partial charge in [0.05, 0.1) is 7.11 Å². The first-order valence-corrected chi connectivity index (χ1v) is 4.55. The second kappa shape index (κ2) is 4.76. The topological polar surface area (TPSA) is 83.8 Å². The fourth-order valence-electron chi connectivity index (χ4n) is 1.43. The van der Waals surface area contributed by atoms with Gasteiger partial charge < -0.3 is 14.9 Å². The van der Waals surface area contributed by atoms with E-state index in [4.69, 9.17) is 9.84 Å². The van der Waals surface area contributed by atoms with Crippen LogP contribution in [0.2, 0.25) is 0 Å². The lowest BCUT2D eigenvalue weighted by molar-refractivity contribution is -0.147. The summed E-state index contributed by atoms with van der Waals surface area (Å²) in [5, 5.41) is 18.2. The Morgan fingerprint density at radius 3 is 2.56 bits per heavy atom. The Labute approximate surface area is 92.3 Å². The van der Waals surface area contributed by atoms with Crippen molar-refractivity contribution >= 4 is 12.3 Å². The predicted octanol–water partition coefficient (Wildman–Crippen LogP) is 0.934. The highest BCUT2D eigenvalue weighted by Gasteiger charge is 2.20. The maximum atomic E-state index is 10.7. The zero-order chi connectivity index (χ0) is 12.3. The quantitative estimate of drug-likeness (QED) is 0.743. The van der Waals surface area contributed by atoms with Gasteiger partial charge in [0.2, 0.25) is 0 Å². The van der Waals surface area contributed by atoms with E-state index in [0.29, 0.717) is 17.6 Å². The second-order valence-corrected chi connectivity index (χ2v) is 3.30. The lowest BCUT2D eigenvalue weighted by Crippen LogP contribution is -2.12. The molecule has 86 valence electrons. The van der Waals surface area contributed by atoms with E-state index in [9.17, 15) is 14.7 Å². The van der Waals surface area contributed by atoms with Gasteiger partial charge >= 0.3 is 5.97 Å². The number of carbonyl (C=O) groups is 2. The van der Waals surface area contributed by atoms with E-state index < -0.39 is 12.1 Å². The Hall–Kier alpha value is -1.88. The van der Waals surface area contributed by atoms with Crippen LogP contribution in [0.15, 0.2) is 12.1 Å². The minimum absolute atomic E-state index is 0.161. The molecule has 5 heteroatoms. The third-order valence-electron chi connectivity index (χ3n) is 2.31. The van der Waals surface area contributed by atoms with Gasteiger partial charge in [-0.15, -0.1) is 0 Å². The van der Waals surface area contributed by atoms with E-state index in [1.54, 1.807) is 6.92 Å². The van der Waals surface area contributed by atoms with Gasteiger partial charge in [0.1, 0.15) is 12.0 Å². The molecule has 0 aliphatic carbocycles. The normalized spacial score (nSPS) is 11.9. The molecule has 0 saturated carbocycles. The molecule has 1 unspecified atom stereocenters. The second-order valence-electron chi connectivity index (χ2n) is 3.30. The number of rotatable bonds is 4. The monoisotopic (exact) mass is 224 g/mol. The van der Waals surface area contributed by atoms with Gasteiger partial charge in [0.25, 0.3) is 0 Å². The highest BCUT2D eigenvalue weighted by Crippen LogP contribution is 2.27. The number of hydrogen-bond acceptors (Lipinski definition) is 4. The molecule has 1 aromatic carbocycles. The highest BCUT2D eigenvalue weighted by molar-refractivity contribution is 5.80. The van der Waals surface area contributed by atoms with Crippen LogP contribution in [0.4, 0.5) is 0 Å². The third-order valence-corrected chi connectivity index (χ3v) is 2.31. The number of carboxylic acid groups (broad SMARTS) is 1. The van der Waals surface area contributed by atoms with Gasteiger partial charge in [-0.1, -0.05) is 0 Å². The van der Waals surface area contributed by atoms with Crippen LogP contribution in [0.3, 0.4) is 0 Å². The Balaban J connectivity index is 3.36. The summed E-state index contributed by atoms with van der Waals surface area (Å²) < 4.78 is 5.00. The maximum Gasteiger partial charge on any atom is 0.337 e. The molecule has 0 spiro atoms. The average molecular weight is 224 g/mol. The predicted molar refractivity (Wildman–Crippen MR) is 55.7 cm³/mol. The largest absolute Gasteiger partial charge is 0.496 e. The summed E-state index contributed by atoms with van der Waals surface area (Å²) >= 11 is 0. The van der Waals surface area contributed by atoms with Gasteiger partial charge in [-0.25, -0.2) is 4.79 Å². The zero-order valence-electron chi connectivity index (χ0n) is 8.93. The number of hydrogen-bond donors (Lipinski definition) is 2. The van der Waals surface area contributed by atoms with Crippen LogP contribution in [0.25, 0.3) is 0 Å². The van der Waals surface area contributed by atoms with Gasteiger partial charge in [-0.2, -0.15) is 0 Å². The van der Waals surface area contributed by atoms with Crippen molar-refractivity contribution in [2.75, 3.05) is 7.11 Å². The molecule has 16 heavy (non-hydrogen) atoms. The maximum absolute atomic E-state index is 10.7.